The van der Waals surface area contributed by atoms with E-state index in [1.54, 1.807) is 6.07 Å². The number of hydrogen-bond acceptors (Lipinski definition) is 2. The van der Waals surface area contributed by atoms with Gasteiger partial charge in [0.25, 0.3) is 0 Å². The molecule has 94 valence electrons. The van der Waals surface area contributed by atoms with Crippen molar-refractivity contribution in [2.45, 2.75) is 27.2 Å². The lowest BCUT2D eigenvalue weighted by Crippen LogP contribution is -1.93. The molecule has 2 N–H and O–H groups in total. The molecule has 0 aliphatic rings. The first kappa shape index (κ1) is 12.5. The molecule has 0 saturated heterocycles. The molecule has 0 spiro atoms. The van der Waals surface area contributed by atoms with E-state index in [4.69, 9.17) is 0 Å². The minimum atomic E-state index is 0.277. The average molecular weight is 242 g/mol. The Morgan fingerprint density at radius 1 is 0.833 bits per heavy atom. The summed E-state index contributed by atoms with van der Waals surface area (Å²) in [6.07, 6.45) is 0.544. The molecule has 0 fully saturated rings. The molecule has 0 aliphatic heterocycles. The van der Waals surface area contributed by atoms with E-state index < -0.39 is 0 Å². The van der Waals surface area contributed by atoms with Crippen LogP contribution in [0, 0.1) is 20.8 Å². The lowest BCUT2D eigenvalue weighted by Gasteiger charge is -2.11. The van der Waals surface area contributed by atoms with Crippen LogP contribution in [-0.4, -0.2) is 10.2 Å². The first-order chi connectivity index (χ1) is 8.47. The fourth-order valence-electron chi connectivity index (χ4n) is 2.24. The second-order valence-corrected chi connectivity index (χ2v) is 4.90. The molecular weight excluding hydrogens is 224 g/mol. The van der Waals surface area contributed by atoms with Crippen molar-refractivity contribution in [2.75, 3.05) is 0 Å². The van der Waals surface area contributed by atoms with Gasteiger partial charge in [-0.15, -0.1) is 0 Å². The van der Waals surface area contributed by atoms with Gasteiger partial charge in [0, 0.05) is 6.42 Å². The zero-order chi connectivity index (χ0) is 13.3. The summed E-state index contributed by atoms with van der Waals surface area (Å²) in [5.41, 5.74) is 4.79. The van der Waals surface area contributed by atoms with E-state index in [1.807, 2.05) is 45.0 Å². The van der Waals surface area contributed by atoms with Crippen molar-refractivity contribution in [2.24, 2.45) is 0 Å². The van der Waals surface area contributed by atoms with Crippen LogP contribution in [0.3, 0.4) is 0 Å². The first-order valence-electron chi connectivity index (χ1n) is 6.05. The van der Waals surface area contributed by atoms with E-state index in [0.29, 0.717) is 12.2 Å². The summed E-state index contributed by atoms with van der Waals surface area (Å²) in [7, 11) is 0. The van der Waals surface area contributed by atoms with Crippen molar-refractivity contribution in [3.05, 3.63) is 58.1 Å². The summed E-state index contributed by atoms with van der Waals surface area (Å²) in [5.74, 6) is 0.598. The maximum absolute atomic E-state index is 10.1. The zero-order valence-corrected chi connectivity index (χ0v) is 11.0. The Bertz CT molecular complexity index is 586. The van der Waals surface area contributed by atoms with Gasteiger partial charge in [0.05, 0.1) is 0 Å². The highest BCUT2D eigenvalue weighted by Gasteiger charge is 2.09. The minimum Gasteiger partial charge on any atom is -0.508 e. The van der Waals surface area contributed by atoms with E-state index in [-0.39, 0.29) is 5.75 Å². The lowest BCUT2D eigenvalue weighted by molar-refractivity contribution is 0.460. The molecular formula is C16H18O2. The van der Waals surface area contributed by atoms with Crippen LogP contribution in [0.25, 0.3) is 0 Å². The quantitative estimate of drug-likeness (QED) is 0.844. The van der Waals surface area contributed by atoms with Gasteiger partial charge in [-0.3, -0.25) is 0 Å². The SMILES string of the molecule is Cc1ccc(O)c(Cc2cc(C)cc(C)c2O)c1. The molecule has 0 radical (unpaired) electrons. The molecule has 2 aromatic rings. The highest BCUT2D eigenvalue weighted by atomic mass is 16.3. The van der Waals surface area contributed by atoms with Crippen molar-refractivity contribution >= 4 is 0 Å². The molecule has 2 nitrogen and oxygen atoms in total. The monoisotopic (exact) mass is 242 g/mol. The van der Waals surface area contributed by atoms with Gasteiger partial charge in [0.15, 0.2) is 0 Å². The third-order valence-corrected chi connectivity index (χ3v) is 3.14. The van der Waals surface area contributed by atoms with Gasteiger partial charge in [-0.1, -0.05) is 35.4 Å². The Labute approximate surface area is 108 Å². The van der Waals surface area contributed by atoms with Crippen LogP contribution < -0.4 is 0 Å². The number of phenolic OH excluding ortho intramolecular Hbond substituents is 2. The highest BCUT2D eigenvalue weighted by molar-refractivity contribution is 5.47. The van der Waals surface area contributed by atoms with E-state index in [0.717, 1.165) is 27.8 Å². The number of aryl methyl sites for hydroxylation is 3. The van der Waals surface area contributed by atoms with E-state index in [2.05, 4.69) is 0 Å². The second-order valence-electron chi connectivity index (χ2n) is 4.90. The molecule has 2 aromatic carbocycles. The largest absolute Gasteiger partial charge is 0.508 e. The third kappa shape index (κ3) is 2.48. The molecule has 2 rings (SSSR count). The topological polar surface area (TPSA) is 40.5 Å². The van der Waals surface area contributed by atoms with Gasteiger partial charge >= 0.3 is 0 Å². The molecule has 0 aliphatic carbocycles. The molecule has 2 heteroatoms. The van der Waals surface area contributed by atoms with Crippen LogP contribution in [0.1, 0.15) is 27.8 Å². The summed E-state index contributed by atoms with van der Waals surface area (Å²) < 4.78 is 0. The standard InChI is InChI=1S/C16H18O2/c1-10-4-5-15(17)13(7-10)9-14-8-11(2)6-12(3)16(14)18/h4-8,17-18H,9H2,1-3H3. The van der Waals surface area contributed by atoms with Crippen molar-refractivity contribution in [1.29, 1.82) is 0 Å². The third-order valence-electron chi connectivity index (χ3n) is 3.14. The van der Waals surface area contributed by atoms with Gasteiger partial charge in [0.2, 0.25) is 0 Å². The van der Waals surface area contributed by atoms with Crippen LogP contribution in [0.2, 0.25) is 0 Å². The van der Waals surface area contributed by atoms with Crippen molar-refractivity contribution in [3.8, 4) is 11.5 Å². The summed E-state index contributed by atoms with van der Waals surface area (Å²) in [4.78, 5) is 0. The van der Waals surface area contributed by atoms with Gasteiger partial charge < -0.3 is 10.2 Å². The maximum atomic E-state index is 10.1. The summed E-state index contributed by atoms with van der Waals surface area (Å²) >= 11 is 0. The van der Waals surface area contributed by atoms with Gasteiger partial charge in [-0.2, -0.15) is 0 Å². The Kier molecular flexibility index (Phi) is 3.28. The van der Waals surface area contributed by atoms with Gasteiger partial charge in [0.1, 0.15) is 11.5 Å². The van der Waals surface area contributed by atoms with Crippen molar-refractivity contribution in [1.82, 2.24) is 0 Å². The molecule has 0 heterocycles. The number of rotatable bonds is 2. The molecule has 18 heavy (non-hydrogen) atoms. The van der Waals surface area contributed by atoms with Crippen molar-refractivity contribution in [3.63, 3.8) is 0 Å². The molecule has 0 bridgehead atoms. The number of benzene rings is 2. The number of phenols is 2. The molecule has 0 atom stereocenters. The molecule has 0 unspecified atom stereocenters. The van der Waals surface area contributed by atoms with E-state index in [1.165, 1.54) is 0 Å². The van der Waals surface area contributed by atoms with Crippen LogP contribution in [-0.2, 0) is 6.42 Å². The number of hydrogen-bond donors (Lipinski definition) is 2. The van der Waals surface area contributed by atoms with E-state index >= 15 is 0 Å². The smallest absolute Gasteiger partial charge is 0.122 e. The Hall–Kier alpha value is -1.96. The zero-order valence-electron chi connectivity index (χ0n) is 11.0. The van der Waals surface area contributed by atoms with Gasteiger partial charge in [-0.05, 0) is 43.5 Å². The maximum Gasteiger partial charge on any atom is 0.122 e. The fraction of sp³-hybridized carbons (Fsp3) is 0.250. The molecule has 0 aromatic heterocycles. The normalized spacial score (nSPS) is 10.6. The Morgan fingerprint density at radius 2 is 1.50 bits per heavy atom. The van der Waals surface area contributed by atoms with Crippen LogP contribution in [0.15, 0.2) is 30.3 Å². The van der Waals surface area contributed by atoms with Gasteiger partial charge in [-0.25, -0.2) is 0 Å². The van der Waals surface area contributed by atoms with Crippen LogP contribution in [0.5, 0.6) is 11.5 Å². The van der Waals surface area contributed by atoms with E-state index in [9.17, 15) is 10.2 Å². The summed E-state index contributed by atoms with van der Waals surface area (Å²) in [6.45, 7) is 5.89. The number of aromatic hydroxyl groups is 2. The predicted molar refractivity (Wildman–Crippen MR) is 73.2 cm³/mol. The Balaban J connectivity index is 2.43. The van der Waals surface area contributed by atoms with Crippen molar-refractivity contribution < 1.29 is 10.2 Å². The fourth-order valence-corrected chi connectivity index (χ4v) is 2.24. The predicted octanol–water partition coefficient (Wildman–Crippen LogP) is 3.61. The highest BCUT2D eigenvalue weighted by Crippen LogP contribution is 2.29. The molecule has 0 amide bonds. The second kappa shape index (κ2) is 4.73. The van der Waals surface area contributed by atoms with Crippen LogP contribution in [0.4, 0.5) is 0 Å². The van der Waals surface area contributed by atoms with Crippen LogP contribution >= 0.6 is 0 Å². The summed E-state index contributed by atoms with van der Waals surface area (Å²) in [5, 5.41) is 19.9. The first-order valence-corrected chi connectivity index (χ1v) is 6.05. The Morgan fingerprint density at radius 3 is 2.22 bits per heavy atom. The summed E-state index contributed by atoms with van der Waals surface area (Å²) in [6, 6.07) is 9.44. The molecule has 0 saturated carbocycles. The minimum absolute atomic E-state index is 0.277. The average Bonchev–Trinajstić information content (AvgIpc) is 2.30. The lowest BCUT2D eigenvalue weighted by atomic mass is 9.98.